The zero-order valence-electron chi connectivity index (χ0n) is 16.2. The van der Waals surface area contributed by atoms with E-state index in [9.17, 15) is 9.59 Å². The number of nitrogens with two attached hydrogens (primary N) is 1. The summed E-state index contributed by atoms with van der Waals surface area (Å²) < 4.78 is 16.5. The summed E-state index contributed by atoms with van der Waals surface area (Å²) in [7, 11) is 0. The number of carbonyl (C=O) groups is 1. The van der Waals surface area contributed by atoms with Gasteiger partial charge in [-0.2, -0.15) is 0 Å². The standard InChI is InChI=1S/C23H21NO5/c1-3-13-9-11-14(12-10-13)17-18-20(29-21(24)19(17)22(25)27-4-2)15-7-5-6-8-16(15)28-23(18)26/h5-12,17H,3-4,24H2,1-2H3. The Morgan fingerprint density at radius 1 is 1.10 bits per heavy atom. The second-order valence-electron chi connectivity index (χ2n) is 6.76. The zero-order valence-corrected chi connectivity index (χ0v) is 16.2. The molecule has 2 aromatic carbocycles. The van der Waals surface area contributed by atoms with Crippen molar-refractivity contribution in [3.05, 3.63) is 87.1 Å². The van der Waals surface area contributed by atoms with Crippen molar-refractivity contribution in [3.63, 3.8) is 0 Å². The number of benzene rings is 2. The van der Waals surface area contributed by atoms with Crippen LogP contribution in [0.25, 0.3) is 11.0 Å². The summed E-state index contributed by atoms with van der Waals surface area (Å²) in [5.41, 5.74) is 8.21. The van der Waals surface area contributed by atoms with Crippen LogP contribution in [0.4, 0.5) is 0 Å². The maximum Gasteiger partial charge on any atom is 0.344 e. The minimum atomic E-state index is -0.746. The molecular formula is C23H21NO5. The van der Waals surface area contributed by atoms with Crippen LogP contribution < -0.4 is 16.1 Å². The fraction of sp³-hybridized carbons (Fsp3) is 0.217. The van der Waals surface area contributed by atoms with Crippen molar-refractivity contribution in [3.8, 4) is 5.75 Å². The summed E-state index contributed by atoms with van der Waals surface area (Å²) in [5.74, 6) is -1.12. The average molecular weight is 391 g/mol. The first-order valence-electron chi connectivity index (χ1n) is 9.54. The molecule has 2 heterocycles. The Morgan fingerprint density at radius 2 is 1.83 bits per heavy atom. The third-order valence-corrected chi connectivity index (χ3v) is 5.07. The predicted molar refractivity (Wildman–Crippen MR) is 109 cm³/mol. The molecule has 0 saturated heterocycles. The van der Waals surface area contributed by atoms with E-state index in [4.69, 9.17) is 19.6 Å². The highest BCUT2D eigenvalue weighted by Gasteiger charge is 2.39. The highest BCUT2D eigenvalue weighted by molar-refractivity contribution is 5.94. The molecule has 1 aromatic heterocycles. The molecule has 4 rings (SSSR count). The molecule has 6 heteroatoms. The molecule has 148 valence electrons. The predicted octanol–water partition coefficient (Wildman–Crippen LogP) is 3.61. The number of carbonyl (C=O) groups excluding carboxylic acids is 1. The van der Waals surface area contributed by atoms with Gasteiger partial charge in [-0.15, -0.1) is 0 Å². The van der Waals surface area contributed by atoms with E-state index in [2.05, 4.69) is 6.92 Å². The number of hydrogen-bond acceptors (Lipinski definition) is 6. The topological polar surface area (TPSA) is 91.8 Å². The number of esters is 1. The molecule has 6 nitrogen and oxygen atoms in total. The van der Waals surface area contributed by atoms with Crippen LogP contribution in [0.2, 0.25) is 0 Å². The summed E-state index contributed by atoms with van der Waals surface area (Å²) in [6, 6.07) is 14.8. The summed E-state index contributed by atoms with van der Waals surface area (Å²) >= 11 is 0. The van der Waals surface area contributed by atoms with Crippen molar-refractivity contribution < 1.29 is 18.7 Å². The minimum absolute atomic E-state index is 0.0729. The number of aryl methyl sites for hydroxylation is 1. The van der Waals surface area contributed by atoms with E-state index in [1.54, 1.807) is 25.1 Å². The van der Waals surface area contributed by atoms with Crippen LogP contribution in [0.1, 0.15) is 36.5 Å². The van der Waals surface area contributed by atoms with Crippen molar-refractivity contribution in [1.29, 1.82) is 0 Å². The fourth-order valence-electron chi connectivity index (χ4n) is 3.65. The number of fused-ring (bicyclic) bond motifs is 3. The van der Waals surface area contributed by atoms with Crippen LogP contribution in [0.15, 0.2) is 69.2 Å². The molecule has 29 heavy (non-hydrogen) atoms. The molecule has 3 aromatic rings. The van der Waals surface area contributed by atoms with Crippen molar-refractivity contribution in [2.75, 3.05) is 6.61 Å². The molecule has 2 N–H and O–H groups in total. The van der Waals surface area contributed by atoms with Crippen LogP contribution in [-0.2, 0) is 16.0 Å². The smallest absolute Gasteiger partial charge is 0.344 e. The Bertz CT molecular complexity index is 1170. The first-order valence-corrected chi connectivity index (χ1v) is 9.54. The van der Waals surface area contributed by atoms with Crippen molar-refractivity contribution >= 4 is 16.9 Å². The average Bonchev–Trinajstić information content (AvgIpc) is 2.73. The maximum absolute atomic E-state index is 13.0. The largest absolute Gasteiger partial charge is 0.462 e. The van der Waals surface area contributed by atoms with Gasteiger partial charge in [-0.3, -0.25) is 0 Å². The van der Waals surface area contributed by atoms with Crippen LogP contribution >= 0.6 is 0 Å². The lowest BCUT2D eigenvalue weighted by Crippen LogP contribution is -2.31. The summed E-state index contributed by atoms with van der Waals surface area (Å²) in [4.78, 5) is 25.7. The van der Waals surface area contributed by atoms with E-state index in [0.717, 1.165) is 17.5 Å². The second-order valence-corrected chi connectivity index (χ2v) is 6.76. The van der Waals surface area contributed by atoms with Gasteiger partial charge in [0, 0.05) is 0 Å². The Hall–Kier alpha value is -3.54. The number of ether oxygens (including phenoxy) is 2. The molecule has 0 fully saturated rings. The van der Waals surface area contributed by atoms with Gasteiger partial charge in [-0.25, -0.2) is 9.59 Å². The highest BCUT2D eigenvalue weighted by atomic mass is 16.5. The van der Waals surface area contributed by atoms with Gasteiger partial charge in [0.15, 0.2) is 5.75 Å². The molecule has 0 saturated carbocycles. The maximum atomic E-state index is 13.0. The quantitative estimate of drug-likeness (QED) is 0.540. The molecule has 1 aliphatic heterocycles. The van der Waals surface area contributed by atoms with Crippen molar-refractivity contribution in [1.82, 2.24) is 0 Å². The second kappa shape index (κ2) is 7.47. The summed E-state index contributed by atoms with van der Waals surface area (Å²) in [6.45, 7) is 3.94. The Balaban J connectivity index is 2.01. The number of para-hydroxylation sites is 1. The third-order valence-electron chi connectivity index (χ3n) is 5.07. The lowest BCUT2D eigenvalue weighted by molar-refractivity contribution is -0.139. The van der Waals surface area contributed by atoms with Gasteiger partial charge in [0.1, 0.15) is 11.2 Å². The van der Waals surface area contributed by atoms with Gasteiger partial charge in [0.2, 0.25) is 5.88 Å². The summed E-state index contributed by atoms with van der Waals surface area (Å²) in [6.07, 6.45) is 0.875. The molecule has 0 spiro atoms. The number of rotatable bonds is 4. The van der Waals surface area contributed by atoms with Crippen LogP contribution in [-0.4, -0.2) is 12.6 Å². The van der Waals surface area contributed by atoms with Gasteiger partial charge in [-0.05, 0) is 36.6 Å². The van der Waals surface area contributed by atoms with Crippen LogP contribution in [0, 0.1) is 0 Å². The fourth-order valence-corrected chi connectivity index (χ4v) is 3.65. The molecule has 1 atom stereocenters. The van der Waals surface area contributed by atoms with Gasteiger partial charge in [0.05, 0.1) is 23.5 Å². The molecule has 0 bridgehead atoms. The van der Waals surface area contributed by atoms with Crippen LogP contribution in [0.5, 0.6) is 5.75 Å². The van der Waals surface area contributed by atoms with Gasteiger partial charge < -0.3 is 19.6 Å². The molecule has 0 aliphatic carbocycles. The highest BCUT2D eigenvalue weighted by Crippen LogP contribution is 2.44. The first kappa shape index (κ1) is 18.8. The Kier molecular flexibility index (Phi) is 4.84. The van der Waals surface area contributed by atoms with E-state index in [1.807, 2.05) is 30.3 Å². The van der Waals surface area contributed by atoms with Gasteiger partial charge in [0.25, 0.3) is 0 Å². The van der Waals surface area contributed by atoms with E-state index in [1.165, 1.54) is 0 Å². The normalized spacial score (nSPS) is 15.7. The third kappa shape index (κ3) is 3.16. The number of hydrogen-bond donors (Lipinski definition) is 1. The summed E-state index contributed by atoms with van der Waals surface area (Å²) in [5, 5.41) is 0.614. The monoisotopic (exact) mass is 391 g/mol. The van der Waals surface area contributed by atoms with E-state index in [-0.39, 0.29) is 23.6 Å². The SMILES string of the molecule is CCOC(=O)C1=C(N)Oc2c(c(=O)oc3ccccc23)C1c1ccc(CC)cc1. The van der Waals surface area contributed by atoms with Crippen LogP contribution in [0.3, 0.4) is 0 Å². The molecule has 1 aliphatic rings. The molecule has 0 amide bonds. The van der Waals surface area contributed by atoms with E-state index >= 15 is 0 Å². The molecular weight excluding hydrogens is 370 g/mol. The van der Waals surface area contributed by atoms with Gasteiger partial charge >= 0.3 is 11.6 Å². The molecule has 0 radical (unpaired) electrons. The van der Waals surface area contributed by atoms with Crippen molar-refractivity contribution in [2.24, 2.45) is 5.73 Å². The minimum Gasteiger partial charge on any atom is -0.462 e. The van der Waals surface area contributed by atoms with E-state index < -0.39 is 17.5 Å². The lowest BCUT2D eigenvalue weighted by Gasteiger charge is -2.28. The Labute approximate surface area is 167 Å². The lowest BCUT2D eigenvalue weighted by atomic mass is 9.83. The molecule has 1 unspecified atom stereocenters. The zero-order chi connectivity index (χ0) is 20.5. The van der Waals surface area contributed by atoms with Crippen molar-refractivity contribution in [2.45, 2.75) is 26.2 Å². The van der Waals surface area contributed by atoms with E-state index in [0.29, 0.717) is 16.7 Å². The van der Waals surface area contributed by atoms with Gasteiger partial charge in [-0.1, -0.05) is 43.3 Å². The first-order chi connectivity index (χ1) is 14.0. The Morgan fingerprint density at radius 3 is 2.52 bits per heavy atom.